The molecule has 2 heterocycles. The lowest BCUT2D eigenvalue weighted by atomic mass is 10.0. The highest BCUT2D eigenvalue weighted by atomic mass is 35.5. The van der Waals surface area contributed by atoms with Gasteiger partial charge in [0.15, 0.2) is 5.15 Å². The lowest BCUT2D eigenvalue weighted by molar-refractivity contribution is -0.123. The van der Waals surface area contributed by atoms with Gasteiger partial charge >= 0.3 is 0 Å². The first-order valence-electron chi connectivity index (χ1n) is 7.64. The first-order valence-corrected chi connectivity index (χ1v) is 8.01. The van der Waals surface area contributed by atoms with E-state index in [1.54, 1.807) is 30.5 Å². The summed E-state index contributed by atoms with van der Waals surface area (Å²) in [7, 11) is 0. The lowest BCUT2D eigenvalue weighted by Crippen LogP contribution is -2.44. The average molecular weight is 350 g/mol. The van der Waals surface area contributed by atoms with Crippen LogP contribution in [0.5, 0.6) is 0 Å². The Labute approximate surface area is 144 Å². The first kappa shape index (κ1) is 16.8. The molecule has 24 heavy (non-hydrogen) atoms. The summed E-state index contributed by atoms with van der Waals surface area (Å²) in [6, 6.07) is 8.82. The molecule has 1 aliphatic rings. The Bertz CT molecular complexity index is 722. The maximum Gasteiger partial charge on any atom is 0.246 e. The van der Waals surface area contributed by atoms with E-state index in [2.05, 4.69) is 10.3 Å². The molecule has 0 aliphatic carbocycles. The smallest absolute Gasteiger partial charge is 0.246 e. The molecule has 2 aromatic rings. The Balaban J connectivity index is 1.88. The van der Waals surface area contributed by atoms with Crippen LogP contribution in [0.4, 0.5) is 10.1 Å². The van der Waals surface area contributed by atoms with Gasteiger partial charge in [-0.1, -0.05) is 23.7 Å². The molecule has 0 bridgehead atoms. The number of rotatable bonds is 4. The summed E-state index contributed by atoms with van der Waals surface area (Å²) in [5, 5.41) is 3.00. The number of morpholine rings is 1. The van der Waals surface area contributed by atoms with Crippen LogP contribution in [0.15, 0.2) is 42.6 Å². The number of amides is 1. The van der Waals surface area contributed by atoms with Gasteiger partial charge in [0, 0.05) is 19.3 Å². The molecular weight excluding hydrogens is 333 g/mol. The number of hydrogen-bond acceptors (Lipinski definition) is 4. The van der Waals surface area contributed by atoms with Crippen molar-refractivity contribution in [1.29, 1.82) is 0 Å². The third-order valence-electron chi connectivity index (χ3n) is 3.84. The molecule has 0 radical (unpaired) electrons. The van der Waals surface area contributed by atoms with Crippen LogP contribution in [0.2, 0.25) is 5.15 Å². The van der Waals surface area contributed by atoms with Gasteiger partial charge in [-0.05, 0) is 29.8 Å². The van der Waals surface area contributed by atoms with Gasteiger partial charge in [0.25, 0.3) is 0 Å². The number of aromatic nitrogens is 1. The van der Waals surface area contributed by atoms with Crippen molar-refractivity contribution in [1.82, 2.24) is 9.88 Å². The maximum atomic E-state index is 13.6. The van der Waals surface area contributed by atoms with Gasteiger partial charge in [-0.2, -0.15) is 0 Å². The SMILES string of the molecule is O=C(Nc1cccnc1Cl)[C@@H](c1cccc(F)c1)N1CCOCC1. The van der Waals surface area contributed by atoms with E-state index in [1.165, 1.54) is 12.1 Å². The molecule has 0 saturated carbocycles. The van der Waals surface area contributed by atoms with Crippen LogP contribution >= 0.6 is 11.6 Å². The third kappa shape index (κ3) is 3.90. The van der Waals surface area contributed by atoms with Crippen LogP contribution in [-0.2, 0) is 9.53 Å². The van der Waals surface area contributed by atoms with Crippen molar-refractivity contribution in [2.24, 2.45) is 0 Å². The summed E-state index contributed by atoms with van der Waals surface area (Å²) in [6.07, 6.45) is 1.55. The second-order valence-electron chi connectivity index (χ2n) is 5.44. The number of nitrogens with one attached hydrogen (secondary N) is 1. The molecular formula is C17H17ClFN3O2. The van der Waals surface area contributed by atoms with Gasteiger partial charge in [-0.25, -0.2) is 9.37 Å². The minimum atomic E-state index is -0.624. The molecule has 7 heteroatoms. The molecule has 0 spiro atoms. The molecule has 5 nitrogen and oxygen atoms in total. The molecule has 1 fully saturated rings. The van der Waals surface area contributed by atoms with Gasteiger partial charge in [0.2, 0.25) is 5.91 Å². The molecule has 1 atom stereocenters. The molecule has 1 aromatic carbocycles. The predicted molar refractivity (Wildman–Crippen MR) is 89.4 cm³/mol. The van der Waals surface area contributed by atoms with E-state index < -0.39 is 6.04 Å². The Kier molecular flexibility index (Phi) is 5.40. The van der Waals surface area contributed by atoms with Crippen LogP contribution in [0.1, 0.15) is 11.6 Å². The lowest BCUT2D eigenvalue weighted by Gasteiger charge is -2.33. The largest absolute Gasteiger partial charge is 0.379 e. The van der Waals surface area contributed by atoms with Crippen LogP contribution in [0, 0.1) is 5.82 Å². The number of carbonyl (C=O) groups is 1. The van der Waals surface area contributed by atoms with Crippen molar-refractivity contribution < 1.29 is 13.9 Å². The van der Waals surface area contributed by atoms with Crippen molar-refractivity contribution in [3.8, 4) is 0 Å². The number of ether oxygens (including phenoxy) is 1. The van der Waals surface area contributed by atoms with Crippen LogP contribution in [-0.4, -0.2) is 42.1 Å². The zero-order chi connectivity index (χ0) is 16.9. The summed E-state index contributed by atoms with van der Waals surface area (Å²) in [4.78, 5) is 18.8. The van der Waals surface area contributed by atoms with Crippen molar-refractivity contribution in [3.63, 3.8) is 0 Å². The molecule has 1 amide bonds. The van der Waals surface area contributed by atoms with E-state index in [0.29, 0.717) is 37.6 Å². The Hall–Kier alpha value is -2.02. The zero-order valence-electron chi connectivity index (χ0n) is 12.9. The number of carbonyl (C=O) groups excluding carboxylic acids is 1. The fraction of sp³-hybridized carbons (Fsp3) is 0.294. The second-order valence-corrected chi connectivity index (χ2v) is 5.79. The first-order chi connectivity index (χ1) is 11.6. The summed E-state index contributed by atoms with van der Waals surface area (Å²) < 4.78 is 19.0. The predicted octanol–water partition coefficient (Wildman–Crippen LogP) is 2.89. The van der Waals surface area contributed by atoms with Crippen molar-refractivity contribution in [2.75, 3.05) is 31.6 Å². The topological polar surface area (TPSA) is 54.5 Å². The van der Waals surface area contributed by atoms with Crippen LogP contribution in [0.3, 0.4) is 0 Å². The quantitative estimate of drug-likeness (QED) is 0.862. The van der Waals surface area contributed by atoms with E-state index in [0.717, 1.165) is 0 Å². The molecule has 0 unspecified atom stereocenters. The van der Waals surface area contributed by atoms with Gasteiger partial charge in [-0.3, -0.25) is 9.69 Å². The summed E-state index contributed by atoms with van der Waals surface area (Å²) in [6.45, 7) is 2.25. The fourth-order valence-corrected chi connectivity index (χ4v) is 2.89. The highest BCUT2D eigenvalue weighted by molar-refractivity contribution is 6.32. The van der Waals surface area contributed by atoms with E-state index >= 15 is 0 Å². The monoisotopic (exact) mass is 349 g/mol. The van der Waals surface area contributed by atoms with Crippen LogP contribution in [0.25, 0.3) is 0 Å². The highest BCUT2D eigenvalue weighted by Crippen LogP contribution is 2.26. The zero-order valence-corrected chi connectivity index (χ0v) is 13.7. The number of pyridine rings is 1. The number of halogens is 2. The summed E-state index contributed by atoms with van der Waals surface area (Å²) in [5.41, 5.74) is 1.02. The number of nitrogens with zero attached hydrogens (tertiary/aromatic N) is 2. The van der Waals surface area contributed by atoms with E-state index in [4.69, 9.17) is 16.3 Å². The molecule has 1 aromatic heterocycles. The molecule has 1 saturated heterocycles. The Morgan fingerprint density at radius 1 is 1.29 bits per heavy atom. The normalized spacial score (nSPS) is 16.6. The summed E-state index contributed by atoms with van der Waals surface area (Å²) >= 11 is 6.01. The second kappa shape index (κ2) is 7.70. The number of anilines is 1. The number of hydrogen-bond donors (Lipinski definition) is 1. The Morgan fingerprint density at radius 3 is 2.79 bits per heavy atom. The van der Waals surface area contributed by atoms with Crippen LogP contribution < -0.4 is 5.32 Å². The third-order valence-corrected chi connectivity index (χ3v) is 4.14. The number of benzene rings is 1. The maximum absolute atomic E-state index is 13.6. The molecule has 3 rings (SSSR count). The fourth-order valence-electron chi connectivity index (χ4n) is 2.72. The van der Waals surface area contributed by atoms with Crippen molar-refractivity contribution in [2.45, 2.75) is 6.04 Å². The van der Waals surface area contributed by atoms with E-state index in [9.17, 15) is 9.18 Å². The van der Waals surface area contributed by atoms with Crippen molar-refractivity contribution >= 4 is 23.2 Å². The molecule has 126 valence electrons. The minimum absolute atomic E-state index is 0.214. The molecule has 1 N–H and O–H groups in total. The average Bonchev–Trinajstić information content (AvgIpc) is 2.58. The molecule has 1 aliphatic heterocycles. The summed E-state index contributed by atoms with van der Waals surface area (Å²) in [5.74, 6) is -0.657. The van der Waals surface area contributed by atoms with E-state index in [1.807, 2.05) is 4.90 Å². The van der Waals surface area contributed by atoms with Crippen molar-refractivity contribution in [3.05, 3.63) is 59.1 Å². The Morgan fingerprint density at radius 2 is 2.08 bits per heavy atom. The minimum Gasteiger partial charge on any atom is -0.379 e. The van der Waals surface area contributed by atoms with Gasteiger partial charge < -0.3 is 10.1 Å². The van der Waals surface area contributed by atoms with Gasteiger partial charge in [-0.15, -0.1) is 0 Å². The van der Waals surface area contributed by atoms with Gasteiger partial charge in [0.1, 0.15) is 11.9 Å². The van der Waals surface area contributed by atoms with Gasteiger partial charge in [0.05, 0.1) is 18.9 Å². The highest BCUT2D eigenvalue weighted by Gasteiger charge is 2.29. The standard InChI is InChI=1S/C17H17ClFN3O2/c18-16-14(5-2-6-20-16)21-17(23)15(22-7-9-24-10-8-22)12-3-1-4-13(19)11-12/h1-6,11,15H,7-10H2,(H,21,23)/t15-/m1/s1. The van der Waals surface area contributed by atoms with E-state index in [-0.39, 0.29) is 16.9 Å².